The number of anilines is 1. The van der Waals surface area contributed by atoms with Crippen LogP contribution in [0.5, 0.6) is 0 Å². The Morgan fingerprint density at radius 2 is 1.92 bits per heavy atom. The number of urea groups is 1. The number of carbonyl (C=O) groups excluding carboxylic acids is 1. The first-order chi connectivity index (χ1) is 19.1. The fraction of sp³-hybridized carbons (Fsp3) is 0.407. The van der Waals surface area contributed by atoms with Crippen LogP contribution in [0.3, 0.4) is 0 Å². The van der Waals surface area contributed by atoms with Gasteiger partial charge in [-0.25, -0.2) is 14.0 Å². The predicted molar refractivity (Wildman–Crippen MR) is 144 cm³/mol. The van der Waals surface area contributed by atoms with Crippen molar-refractivity contribution in [1.82, 2.24) is 39.8 Å². The molecular formula is C27H30N10O2. The zero-order valence-corrected chi connectivity index (χ0v) is 21.7. The van der Waals surface area contributed by atoms with E-state index in [1.54, 1.807) is 23.0 Å². The molecule has 5 heterocycles. The monoisotopic (exact) mass is 526 g/mol. The molecule has 200 valence electrons. The van der Waals surface area contributed by atoms with Crippen molar-refractivity contribution in [3.63, 3.8) is 0 Å². The van der Waals surface area contributed by atoms with Crippen molar-refractivity contribution in [2.45, 2.75) is 37.8 Å². The molecule has 2 N–H and O–H groups in total. The predicted octanol–water partition coefficient (Wildman–Crippen LogP) is 3.09. The van der Waals surface area contributed by atoms with E-state index in [-0.39, 0.29) is 18.1 Å². The lowest BCUT2D eigenvalue weighted by Crippen LogP contribution is -2.49. The molecule has 1 saturated heterocycles. The van der Waals surface area contributed by atoms with E-state index < -0.39 is 0 Å². The van der Waals surface area contributed by atoms with E-state index in [0.29, 0.717) is 31.9 Å². The van der Waals surface area contributed by atoms with Crippen LogP contribution < -0.4 is 10.6 Å². The highest BCUT2D eigenvalue weighted by atomic mass is 16.5. The van der Waals surface area contributed by atoms with Crippen molar-refractivity contribution in [3.05, 3.63) is 48.4 Å². The quantitative estimate of drug-likeness (QED) is 0.405. The fourth-order valence-electron chi connectivity index (χ4n) is 5.36. The molecule has 2 fully saturated rings. The van der Waals surface area contributed by atoms with Gasteiger partial charge in [0.15, 0.2) is 0 Å². The van der Waals surface area contributed by atoms with E-state index >= 15 is 0 Å². The molecule has 0 spiro atoms. The Labute approximate surface area is 225 Å². The number of ether oxygens (including phenoxy) is 1. The summed E-state index contributed by atoms with van der Waals surface area (Å²) in [5.74, 6) is 0. The molecular weight excluding hydrogens is 496 g/mol. The smallest absolute Gasteiger partial charge is 0.317 e. The van der Waals surface area contributed by atoms with Crippen molar-refractivity contribution >= 4 is 17.2 Å². The van der Waals surface area contributed by atoms with Crippen LogP contribution in [-0.2, 0) is 4.74 Å². The minimum atomic E-state index is 0.0104. The molecule has 4 aromatic rings. The first-order valence-corrected chi connectivity index (χ1v) is 13.2. The Morgan fingerprint density at radius 3 is 2.69 bits per heavy atom. The molecule has 4 aromatic heterocycles. The van der Waals surface area contributed by atoms with E-state index in [2.05, 4.69) is 32.1 Å². The second-order valence-electron chi connectivity index (χ2n) is 9.91. The summed E-state index contributed by atoms with van der Waals surface area (Å²) in [5.41, 5.74) is 5.42. The molecule has 0 radical (unpaired) electrons. The van der Waals surface area contributed by atoms with Crippen molar-refractivity contribution in [2.75, 3.05) is 38.7 Å². The maximum atomic E-state index is 12.5. The van der Waals surface area contributed by atoms with Crippen molar-refractivity contribution in [3.8, 4) is 28.7 Å². The molecule has 0 aromatic carbocycles. The lowest BCUT2D eigenvalue weighted by molar-refractivity contribution is 0.0519. The maximum Gasteiger partial charge on any atom is 0.317 e. The number of nitriles is 1. The molecule has 39 heavy (non-hydrogen) atoms. The van der Waals surface area contributed by atoms with E-state index in [1.165, 1.54) is 0 Å². The van der Waals surface area contributed by atoms with E-state index in [1.807, 2.05) is 41.0 Å². The van der Waals surface area contributed by atoms with Crippen molar-refractivity contribution in [2.24, 2.45) is 0 Å². The summed E-state index contributed by atoms with van der Waals surface area (Å²) < 4.78 is 9.06. The minimum Gasteiger partial charge on any atom is -0.387 e. The number of carbonyl (C=O) groups is 1. The van der Waals surface area contributed by atoms with Crippen LogP contribution in [0.25, 0.3) is 28.2 Å². The lowest BCUT2D eigenvalue weighted by Gasteiger charge is -2.32. The third-order valence-electron chi connectivity index (χ3n) is 7.55. The highest BCUT2D eigenvalue weighted by Gasteiger charge is 2.27. The molecule has 6 rings (SSSR count). The van der Waals surface area contributed by atoms with Gasteiger partial charge in [-0.2, -0.15) is 10.4 Å². The van der Waals surface area contributed by atoms with E-state index in [0.717, 1.165) is 59.5 Å². The molecule has 0 atom stereocenters. The fourth-order valence-corrected chi connectivity index (χ4v) is 5.36. The molecule has 1 aliphatic heterocycles. The van der Waals surface area contributed by atoms with Crippen LogP contribution >= 0.6 is 0 Å². The van der Waals surface area contributed by atoms with E-state index in [9.17, 15) is 4.79 Å². The number of amides is 2. The van der Waals surface area contributed by atoms with Crippen LogP contribution in [0.15, 0.2) is 42.9 Å². The zero-order valence-electron chi connectivity index (χ0n) is 21.7. The van der Waals surface area contributed by atoms with Crippen LogP contribution in [0, 0.1) is 11.3 Å². The average molecular weight is 527 g/mol. The van der Waals surface area contributed by atoms with Crippen molar-refractivity contribution in [1.29, 1.82) is 5.26 Å². The van der Waals surface area contributed by atoms with Crippen LogP contribution in [0.1, 0.15) is 37.3 Å². The highest BCUT2D eigenvalue weighted by Crippen LogP contribution is 2.33. The van der Waals surface area contributed by atoms with Gasteiger partial charge < -0.3 is 20.3 Å². The molecule has 12 nitrogen and oxygen atoms in total. The number of nitrogens with one attached hydrogen (secondary N) is 2. The maximum absolute atomic E-state index is 12.5. The summed E-state index contributed by atoms with van der Waals surface area (Å²) in [6, 6.07) is 10.2. The van der Waals surface area contributed by atoms with Gasteiger partial charge in [-0.05, 0) is 49.9 Å². The second kappa shape index (κ2) is 10.7. The summed E-state index contributed by atoms with van der Waals surface area (Å²) in [5, 5.41) is 28.9. The van der Waals surface area contributed by atoms with Gasteiger partial charge in [-0.1, -0.05) is 5.21 Å². The van der Waals surface area contributed by atoms with Gasteiger partial charge in [0.05, 0.1) is 54.1 Å². The largest absolute Gasteiger partial charge is 0.387 e. The lowest BCUT2D eigenvalue weighted by atomic mass is 9.91. The SMILES string of the molecule is CNc1cc(-c2ccc3cc(C#N)cnn23)ncc1-c1cn(C2CCC(NC(=O)N3CCOCC3)CC2)nn1. The Balaban J connectivity index is 1.14. The number of pyridine rings is 1. The summed E-state index contributed by atoms with van der Waals surface area (Å²) in [6.45, 7) is 2.51. The standard InChI is InChI=1S/C27H30N10O2/c1-29-23-13-24(26-7-6-21-12-18(14-28)15-31-37(21)26)30-16-22(23)25-17-36(34-33-25)20-4-2-19(3-5-20)32-27(38)35-8-10-39-11-9-35/h6-7,12-13,15-17,19-20H,2-5,8-11H2,1H3,(H,29,30)(H,32,38). The average Bonchev–Trinajstić information content (AvgIpc) is 3.65. The molecule has 12 heteroatoms. The minimum absolute atomic E-state index is 0.0104. The van der Waals surface area contributed by atoms with Gasteiger partial charge in [-0.3, -0.25) is 4.98 Å². The number of nitrogens with zero attached hydrogens (tertiary/aromatic N) is 8. The third kappa shape index (κ3) is 5.00. The first kappa shape index (κ1) is 24.8. The summed E-state index contributed by atoms with van der Waals surface area (Å²) in [6.07, 6.45) is 8.99. The molecule has 1 aliphatic carbocycles. The zero-order chi connectivity index (χ0) is 26.8. The molecule has 2 amide bonds. The van der Waals surface area contributed by atoms with Crippen molar-refractivity contribution < 1.29 is 9.53 Å². The number of hydrogen-bond donors (Lipinski definition) is 2. The summed E-state index contributed by atoms with van der Waals surface area (Å²) in [7, 11) is 1.87. The molecule has 0 unspecified atom stereocenters. The number of rotatable bonds is 5. The van der Waals surface area contributed by atoms with Gasteiger partial charge in [0.1, 0.15) is 11.8 Å². The van der Waals surface area contributed by atoms with Crippen LogP contribution in [-0.4, -0.2) is 79.9 Å². The van der Waals surface area contributed by atoms with Gasteiger partial charge in [0, 0.05) is 43.6 Å². The second-order valence-corrected chi connectivity index (χ2v) is 9.91. The van der Waals surface area contributed by atoms with Crippen LogP contribution in [0.4, 0.5) is 10.5 Å². The molecule has 0 bridgehead atoms. The Bertz CT molecular complexity index is 1520. The Kier molecular flexibility index (Phi) is 6.81. The normalized spacial score (nSPS) is 19.5. The van der Waals surface area contributed by atoms with Gasteiger partial charge in [0.2, 0.25) is 0 Å². The molecule has 1 saturated carbocycles. The van der Waals surface area contributed by atoms with Crippen LogP contribution in [0.2, 0.25) is 0 Å². The molecule has 2 aliphatic rings. The number of morpholine rings is 1. The van der Waals surface area contributed by atoms with Gasteiger partial charge >= 0.3 is 6.03 Å². The number of aromatic nitrogens is 6. The summed E-state index contributed by atoms with van der Waals surface area (Å²) in [4.78, 5) is 19.1. The summed E-state index contributed by atoms with van der Waals surface area (Å²) >= 11 is 0. The van der Waals surface area contributed by atoms with E-state index in [4.69, 9.17) is 15.0 Å². The Hall–Kier alpha value is -4.50. The van der Waals surface area contributed by atoms with Gasteiger partial charge in [0.25, 0.3) is 0 Å². The highest BCUT2D eigenvalue weighted by molar-refractivity contribution is 5.78. The number of hydrogen-bond acceptors (Lipinski definition) is 8. The Morgan fingerprint density at radius 1 is 1.10 bits per heavy atom. The number of fused-ring (bicyclic) bond motifs is 1. The third-order valence-corrected chi connectivity index (χ3v) is 7.55. The topological polar surface area (TPSA) is 138 Å². The van der Waals surface area contributed by atoms with Gasteiger partial charge in [-0.15, -0.1) is 5.10 Å². The first-order valence-electron chi connectivity index (χ1n) is 13.2.